The molecular weight excluding hydrogens is 218 g/mol. The lowest BCUT2D eigenvalue weighted by Gasteiger charge is -2.15. The molecule has 5 nitrogen and oxygen atoms in total. The van der Waals surface area contributed by atoms with E-state index < -0.39 is 12.2 Å². The lowest BCUT2D eigenvalue weighted by Crippen LogP contribution is -2.22. The van der Waals surface area contributed by atoms with Crippen molar-refractivity contribution < 1.29 is 10.2 Å². The zero-order valence-corrected chi connectivity index (χ0v) is 9.50. The van der Waals surface area contributed by atoms with E-state index in [1.165, 1.54) is 0 Å². The van der Waals surface area contributed by atoms with E-state index in [1.54, 1.807) is 6.07 Å². The maximum atomic E-state index is 9.44. The fraction of sp³-hybridized carbons (Fsp3) is 0.417. The van der Waals surface area contributed by atoms with Crippen LogP contribution >= 0.6 is 0 Å². The van der Waals surface area contributed by atoms with Crippen molar-refractivity contribution in [2.24, 2.45) is 5.73 Å². The number of hydrogen-bond acceptors (Lipinski definition) is 4. The van der Waals surface area contributed by atoms with Gasteiger partial charge in [-0.05, 0) is 11.6 Å². The molecule has 17 heavy (non-hydrogen) atoms. The van der Waals surface area contributed by atoms with Gasteiger partial charge in [0.1, 0.15) is 5.84 Å². The van der Waals surface area contributed by atoms with Gasteiger partial charge in [-0.1, -0.05) is 18.2 Å². The monoisotopic (exact) mass is 235 g/mol. The maximum absolute atomic E-state index is 9.44. The van der Waals surface area contributed by atoms with E-state index in [0.29, 0.717) is 25.2 Å². The Morgan fingerprint density at radius 3 is 2.59 bits per heavy atom. The quantitative estimate of drug-likeness (QED) is 0.420. The van der Waals surface area contributed by atoms with Crippen molar-refractivity contribution in [1.82, 2.24) is 4.90 Å². The molecule has 2 rings (SSSR count). The summed E-state index contributed by atoms with van der Waals surface area (Å²) in [7, 11) is 0. The minimum atomic E-state index is -0.661. The minimum absolute atomic E-state index is 0.0494. The highest BCUT2D eigenvalue weighted by Gasteiger charge is 2.29. The lowest BCUT2D eigenvalue weighted by atomic mass is 10.1. The average molecular weight is 235 g/mol. The molecule has 1 aromatic rings. The molecule has 2 unspecified atom stereocenters. The zero-order chi connectivity index (χ0) is 12.4. The Hall–Kier alpha value is -1.43. The van der Waals surface area contributed by atoms with Crippen LogP contribution in [-0.4, -0.2) is 46.2 Å². The van der Waals surface area contributed by atoms with Gasteiger partial charge in [-0.15, -0.1) is 0 Å². The number of aliphatic hydroxyl groups is 2. The highest BCUT2D eigenvalue weighted by molar-refractivity contribution is 5.95. The van der Waals surface area contributed by atoms with E-state index in [4.69, 9.17) is 11.1 Å². The Labute approximate surface area is 100.0 Å². The summed E-state index contributed by atoms with van der Waals surface area (Å²) < 4.78 is 0. The highest BCUT2D eigenvalue weighted by atomic mass is 16.3. The van der Waals surface area contributed by atoms with Crippen molar-refractivity contribution in [3.63, 3.8) is 0 Å². The Balaban J connectivity index is 2.04. The smallest absolute Gasteiger partial charge is 0.122 e. The maximum Gasteiger partial charge on any atom is 0.122 e. The summed E-state index contributed by atoms with van der Waals surface area (Å²) in [6.45, 7) is 1.60. The first-order valence-electron chi connectivity index (χ1n) is 5.58. The second-order valence-corrected chi connectivity index (χ2v) is 4.44. The summed E-state index contributed by atoms with van der Waals surface area (Å²) in [6, 6.07) is 7.46. The largest absolute Gasteiger partial charge is 0.389 e. The molecule has 1 heterocycles. The molecule has 0 radical (unpaired) electrons. The summed E-state index contributed by atoms with van der Waals surface area (Å²) in [5, 5.41) is 26.3. The van der Waals surface area contributed by atoms with Crippen LogP contribution in [0.1, 0.15) is 11.1 Å². The van der Waals surface area contributed by atoms with Crippen LogP contribution in [0, 0.1) is 5.41 Å². The molecule has 0 amide bonds. The normalized spacial score (nSPS) is 25.1. The van der Waals surface area contributed by atoms with E-state index in [2.05, 4.69) is 0 Å². The number of β-amino-alcohol motifs (C(OH)–C–C–N with tert-alkyl or cyclic N) is 2. The van der Waals surface area contributed by atoms with Gasteiger partial charge in [-0.25, -0.2) is 0 Å². The summed E-state index contributed by atoms with van der Waals surface area (Å²) in [5.41, 5.74) is 7.15. The van der Waals surface area contributed by atoms with Gasteiger partial charge in [-0.2, -0.15) is 0 Å². The van der Waals surface area contributed by atoms with E-state index >= 15 is 0 Å². The number of hydrogen-bond donors (Lipinski definition) is 4. The molecule has 0 spiro atoms. The summed E-state index contributed by atoms with van der Waals surface area (Å²) in [6.07, 6.45) is -1.32. The van der Waals surface area contributed by atoms with Gasteiger partial charge < -0.3 is 15.9 Å². The predicted octanol–water partition coefficient (Wildman–Crippen LogP) is -0.492. The number of amidine groups is 1. The zero-order valence-electron chi connectivity index (χ0n) is 9.50. The highest BCUT2D eigenvalue weighted by Crippen LogP contribution is 2.14. The van der Waals surface area contributed by atoms with Crippen molar-refractivity contribution in [3.05, 3.63) is 35.4 Å². The van der Waals surface area contributed by atoms with E-state index in [9.17, 15) is 10.2 Å². The second kappa shape index (κ2) is 4.83. The van der Waals surface area contributed by atoms with Gasteiger partial charge >= 0.3 is 0 Å². The Bertz CT molecular complexity index is 412. The van der Waals surface area contributed by atoms with Crippen molar-refractivity contribution in [2.45, 2.75) is 18.8 Å². The molecule has 0 saturated carbocycles. The molecule has 1 fully saturated rings. The molecule has 1 aliphatic rings. The fourth-order valence-electron chi connectivity index (χ4n) is 2.07. The SMILES string of the molecule is N=C(N)c1cccc(CN2CC(O)C(O)C2)c1. The van der Waals surface area contributed by atoms with Gasteiger partial charge in [-0.3, -0.25) is 10.3 Å². The molecule has 92 valence electrons. The first-order chi connectivity index (χ1) is 8.06. The predicted molar refractivity (Wildman–Crippen MR) is 64.7 cm³/mol. The Kier molecular flexibility index (Phi) is 3.42. The van der Waals surface area contributed by atoms with E-state index in [1.807, 2.05) is 23.1 Å². The van der Waals surface area contributed by atoms with Crippen LogP contribution in [0.2, 0.25) is 0 Å². The lowest BCUT2D eigenvalue weighted by molar-refractivity contribution is 0.0572. The van der Waals surface area contributed by atoms with Crippen LogP contribution in [0.5, 0.6) is 0 Å². The first-order valence-corrected chi connectivity index (χ1v) is 5.58. The molecule has 1 aliphatic heterocycles. The van der Waals surface area contributed by atoms with Gasteiger partial charge in [0.25, 0.3) is 0 Å². The number of nitrogens with one attached hydrogen (secondary N) is 1. The summed E-state index contributed by atoms with van der Waals surface area (Å²) in [4.78, 5) is 1.98. The van der Waals surface area contributed by atoms with Crippen molar-refractivity contribution >= 4 is 5.84 Å². The third-order valence-corrected chi connectivity index (χ3v) is 2.98. The Morgan fingerprint density at radius 2 is 2.00 bits per heavy atom. The number of nitrogens with two attached hydrogens (primary N) is 1. The van der Waals surface area contributed by atoms with Gasteiger partial charge in [0.2, 0.25) is 0 Å². The first kappa shape index (κ1) is 12.0. The molecule has 5 heteroatoms. The minimum Gasteiger partial charge on any atom is -0.389 e. The van der Waals surface area contributed by atoms with Gasteiger partial charge in [0, 0.05) is 25.2 Å². The standard InChI is InChI=1S/C12H17N3O2/c13-12(14)9-3-1-2-8(4-9)5-15-6-10(16)11(17)7-15/h1-4,10-11,16-17H,5-7H2,(H3,13,14). The molecule has 0 bridgehead atoms. The molecule has 2 atom stereocenters. The number of likely N-dealkylation sites (tertiary alicyclic amines) is 1. The fourth-order valence-corrected chi connectivity index (χ4v) is 2.07. The molecule has 1 saturated heterocycles. The number of nitrogens with zero attached hydrogens (tertiary/aromatic N) is 1. The van der Waals surface area contributed by atoms with Gasteiger partial charge in [0.05, 0.1) is 12.2 Å². The molecule has 1 aromatic carbocycles. The molecule has 0 aromatic heterocycles. The van der Waals surface area contributed by atoms with Gasteiger partial charge in [0.15, 0.2) is 0 Å². The summed E-state index contributed by atoms with van der Waals surface area (Å²) in [5.74, 6) is 0.0494. The molecule has 0 aliphatic carbocycles. The van der Waals surface area contributed by atoms with Crippen LogP contribution in [0.3, 0.4) is 0 Å². The van der Waals surface area contributed by atoms with Crippen LogP contribution in [-0.2, 0) is 6.54 Å². The number of benzene rings is 1. The number of aliphatic hydroxyl groups excluding tert-OH is 2. The topological polar surface area (TPSA) is 93.6 Å². The van der Waals surface area contributed by atoms with Crippen LogP contribution in [0.4, 0.5) is 0 Å². The van der Waals surface area contributed by atoms with Crippen LogP contribution in [0.15, 0.2) is 24.3 Å². The molecule has 5 N–H and O–H groups in total. The van der Waals surface area contributed by atoms with Crippen LogP contribution in [0.25, 0.3) is 0 Å². The van der Waals surface area contributed by atoms with E-state index in [-0.39, 0.29) is 5.84 Å². The number of rotatable bonds is 3. The third kappa shape index (κ3) is 2.82. The average Bonchev–Trinajstić information content (AvgIpc) is 2.58. The molecular formula is C12H17N3O2. The van der Waals surface area contributed by atoms with Crippen molar-refractivity contribution in [1.29, 1.82) is 5.41 Å². The second-order valence-electron chi connectivity index (χ2n) is 4.44. The Morgan fingerprint density at radius 1 is 1.35 bits per heavy atom. The summed E-state index contributed by atoms with van der Waals surface area (Å²) >= 11 is 0. The third-order valence-electron chi connectivity index (χ3n) is 2.98. The van der Waals surface area contributed by atoms with Crippen molar-refractivity contribution in [3.8, 4) is 0 Å². The van der Waals surface area contributed by atoms with E-state index in [0.717, 1.165) is 5.56 Å². The van der Waals surface area contributed by atoms with Crippen LogP contribution < -0.4 is 5.73 Å². The van der Waals surface area contributed by atoms with Crippen molar-refractivity contribution in [2.75, 3.05) is 13.1 Å². The number of nitrogen functional groups attached to an aromatic ring is 1.